The van der Waals surface area contributed by atoms with Crippen LogP contribution < -0.4 is 11.1 Å². The fourth-order valence-electron chi connectivity index (χ4n) is 2.40. The number of rotatable bonds is 11. The molecule has 1 unspecified atom stereocenters. The molecule has 1 aromatic rings. The van der Waals surface area contributed by atoms with Gasteiger partial charge in [-0.3, -0.25) is 9.48 Å². The molecule has 0 saturated heterocycles. The molecule has 1 amide bonds. The Kier molecular flexibility index (Phi) is 8.71. The zero-order chi connectivity index (χ0) is 14.6. The predicted molar refractivity (Wildman–Crippen MR) is 81.2 cm³/mol. The van der Waals surface area contributed by atoms with E-state index in [-0.39, 0.29) is 5.91 Å². The van der Waals surface area contributed by atoms with E-state index in [1.807, 2.05) is 16.9 Å². The fraction of sp³-hybridized carbons (Fsp3) is 0.733. The van der Waals surface area contributed by atoms with Crippen LogP contribution in [0.4, 0.5) is 0 Å². The monoisotopic (exact) mass is 280 g/mol. The summed E-state index contributed by atoms with van der Waals surface area (Å²) >= 11 is 0. The van der Waals surface area contributed by atoms with Crippen LogP contribution in [0.1, 0.15) is 45.4 Å². The highest BCUT2D eigenvalue weighted by Crippen LogP contribution is 2.16. The van der Waals surface area contributed by atoms with Gasteiger partial charge in [-0.15, -0.1) is 0 Å². The average molecular weight is 280 g/mol. The highest BCUT2D eigenvalue weighted by Gasteiger charge is 2.09. The second-order valence-electron chi connectivity index (χ2n) is 5.24. The molecule has 0 spiro atoms. The standard InChI is InChI=1S/C15H28N4O/c1-2-5-14(8-9-16)6-7-15(20)17-10-3-12-19-13-4-11-18-19/h4,11,13-14H,2-3,5-10,12,16H2,1H3,(H,17,20). The van der Waals surface area contributed by atoms with E-state index >= 15 is 0 Å². The molecule has 1 heterocycles. The van der Waals surface area contributed by atoms with Crippen LogP contribution in [0.2, 0.25) is 0 Å². The molecule has 5 heteroatoms. The summed E-state index contributed by atoms with van der Waals surface area (Å²) in [5.74, 6) is 0.753. The van der Waals surface area contributed by atoms with Crippen molar-refractivity contribution in [2.75, 3.05) is 13.1 Å². The Morgan fingerprint density at radius 2 is 2.25 bits per heavy atom. The van der Waals surface area contributed by atoms with Crippen molar-refractivity contribution in [3.05, 3.63) is 18.5 Å². The zero-order valence-electron chi connectivity index (χ0n) is 12.6. The van der Waals surface area contributed by atoms with Crippen LogP contribution in [-0.2, 0) is 11.3 Å². The van der Waals surface area contributed by atoms with Crippen LogP contribution in [0.3, 0.4) is 0 Å². The maximum absolute atomic E-state index is 11.8. The Labute approximate surface area is 121 Å². The van der Waals surface area contributed by atoms with Gasteiger partial charge in [-0.2, -0.15) is 5.10 Å². The molecule has 1 rings (SSSR count). The molecule has 0 saturated carbocycles. The van der Waals surface area contributed by atoms with Crippen molar-refractivity contribution in [2.24, 2.45) is 11.7 Å². The van der Waals surface area contributed by atoms with E-state index in [1.165, 1.54) is 6.42 Å². The van der Waals surface area contributed by atoms with Gasteiger partial charge in [0.05, 0.1) is 0 Å². The minimum absolute atomic E-state index is 0.156. The first-order valence-electron chi connectivity index (χ1n) is 7.70. The molecule has 5 nitrogen and oxygen atoms in total. The molecule has 0 aromatic carbocycles. The summed E-state index contributed by atoms with van der Waals surface area (Å²) in [6.07, 6.45) is 9.55. The van der Waals surface area contributed by atoms with Gasteiger partial charge >= 0.3 is 0 Å². The van der Waals surface area contributed by atoms with Gasteiger partial charge in [0.15, 0.2) is 0 Å². The molecule has 0 bridgehead atoms. The highest BCUT2D eigenvalue weighted by molar-refractivity contribution is 5.75. The minimum atomic E-state index is 0.156. The van der Waals surface area contributed by atoms with Crippen LogP contribution in [-0.4, -0.2) is 28.8 Å². The van der Waals surface area contributed by atoms with Crippen molar-refractivity contribution in [2.45, 2.75) is 52.0 Å². The van der Waals surface area contributed by atoms with E-state index in [0.717, 1.165) is 38.8 Å². The molecular formula is C15H28N4O. The summed E-state index contributed by atoms with van der Waals surface area (Å²) in [7, 11) is 0. The number of nitrogens with zero attached hydrogens (tertiary/aromatic N) is 2. The van der Waals surface area contributed by atoms with Crippen molar-refractivity contribution in [1.82, 2.24) is 15.1 Å². The first-order chi connectivity index (χ1) is 9.76. The van der Waals surface area contributed by atoms with Crippen molar-refractivity contribution >= 4 is 5.91 Å². The lowest BCUT2D eigenvalue weighted by molar-refractivity contribution is -0.121. The number of nitrogens with one attached hydrogen (secondary N) is 1. The van der Waals surface area contributed by atoms with E-state index in [9.17, 15) is 4.79 Å². The van der Waals surface area contributed by atoms with E-state index in [0.29, 0.717) is 18.9 Å². The summed E-state index contributed by atoms with van der Waals surface area (Å²) in [5.41, 5.74) is 5.60. The number of hydrogen-bond acceptors (Lipinski definition) is 3. The third-order valence-electron chi connectivity index (χ3n) is 3.50. The topological polar surface area (TPSA) is 72.9 Å². The van der Waals surface area contributed by atoms with Gasteiger partial charge in [0.1, 0.15) is 0 Å². The summed E-state index contributed by atoms with van der Waals surface area (Å²) < 4.78 is 1.88. The molecule has 114 valence electrons. The van der Waals surface area contributed by atoms with E-state index in [4.69, 9.17) is 5.73 Å². The van der Waals surface area contributed by atoms with Crippen molar-refractivity contribution < 1.29 is 4.79 Å². The van der Waals surface area contributed by atoms with Gasteiger partial charge in [-0.1, -0.05) is 19.8 Å². The molecule has 0 aliphatic rings. The Hall–Kier alpha value is -1.36. The molecular weight excluding hydrogens is 252 g/mol. The maximum Gasteiger partial charge on any atom is 0.220 e. The number of aryl methyl sites for hydroxylation is 1. The van der Waals surface area contributed by atoms with Gasteiger partial charge in [-0.25, -0.2) is 0 Å². The lowest BCUT2D eigenvalue weighted by Gasteiger charge is -2.14. The van der Waals surface area contributed by atoms with Crippen LogP contribution in [0.25, 0.3) is 0 Å². The van der Waals surface area contributed by atoms with Gasteiger partial charge < -0.3 is 11.1 Å². The average Bonchev–Trinajstić information content (AvgIpc) is 2.95. The number of carbonyl (C=O) groups is 1. The Balaban J connectivity index is 2.07. The van der Waals surface area contributed by atoms with Crippen LogP contribution in [0.15, 0.2) is 18.5 Å². The smallest absolute Gasteiger partial charge is 0.220 e. The molecule has 0 radical (unpaired) electrons. The second-order valence-corrected chi connectivity index (χ2v) is 5.24. The van der Waals surface area contributed by atoms with Gasteiger partial charge in [0.2, 0.25) is 5.91 Å². The molecule has 0 fully saturated rings. The maximum atomic E-state index is 11.8. The van der Waals surface area contributed by atoms with Gasteiger partial charge in [-0.05, 0) is 37.8 Å². The zero-order valence-corrected chi connectivity index (χ0v) is 12.6. The molecule has 3 N–H and O–H groups in total. The SMILES string of the molecule is CCCC(CCN)CCC(=O)NCCCn1cccn1. The normalized spacial score (nSPS) is 12.3. The molecule has 0 aliphatic heterocycles. The lowest BCUT2D eigenvalue weighted by Crippen LogP contribution is -2.25. The first kappa shape index (κ1) is 16.7. The molecule has 20 heavy (non-hydrogen) atoms. The van der Waals surface area contributed by atoms with Crippen molar-refractivity contribution in [3.63, 3.8) is 0 Å². The number of hydrogen-bond donors (Lipinski definition) is 2. The van der Waals surface area contributed by atoms with Crippen LogP contribution in [0.5, 0.6) is 0 Å². The fourth-order valence-corrected chi connectivity index (χ4v) is 2.40. The Bertz CT molecular complexity index is 345. The van der Waals surface area contributed by atoms with Crippen molar-refractivity contribution in [1.29, 1.82) is 0 Å². The predicted octanol–water partition coefficient (Wildman–Crippen LogP) is 1.93. The van der Waals surface area contributed by atoms with Gasteiger partial charge in [0.25, 0.3) is 0 Å². The third kappa shape index (κ3) is 7.28. The number of nitrogens with two attached hydrogens (primary N) is 1. The molecule has 0 aliphatic carbocycles. The van der Waals surface area contributed by atoms with E-state index in [2.05, 4.69) is 17.3 Å². The quantitative estimate of drug-likeness (QED) is 0.608. The second kappa shape index (κ2) is 10.4. The number of amides is 1. The first-order valence-corrected chi connectivity index (χ1v) is 7.70. The lowest BCUT2D eigenvalue weighted by atomic mass is 9.94. The van der Waals surface area contributed by atoms with Gasteiger partial charge in [0, 0.05) is 31.9 Å². The summed E-state index contributed by atoms with van der Waals surface area (Å²) in [4.78, 5) is 11.8. The summed E-state index contributed by atoms with van der Waals surface area (Å²) in [6.45, 7) is 4.46. The van der Waals surface area contributed by atoms with E-state index in [1.54, 1.807) is 6.20 Å². The molecule has 1 atom stereocenters. The largest absolute Gasteiger partial charge is 0.356 e. The Morgan fingerprint density at radius 1 is 1.40 bits per heavy atom. The van der Waals surface area contributed by atoms with Crippen LogP contribution in [0, 0.1) is 5.92 Å². The van der Waals surface area contributed by atoms with E-state index < -0.39 is 0 Å². The number of aromatic nitrogens is 2. The number of carbonyl (C=O) groups excluding carboxylic acids is 1. The summed E-state index contributed by atoms with van der Waals surface area (Å²) in [5, 5.41) is 7.10. The van der Waals surface area contributed by atoms with Crippen molar-refractivity contribution in [3.8, 4) is 0 Å². The minimum Gasteiger partial charge on any atom is -0.356 e. The Morgan fingerprint density at radius 3 is 2.90 bits per heavy atom. The highest BCUT2D eigenvalue weighted by atomic mass is 16.1. The third-order valence-corrected chi connectivity index (χ3v) is 3.50. The van der Waals surface area contributed by atoms with Crippen LogP contribution >= 0.6 is 0 Å². The molecule has 1 aromatic heterocycles. The summed E-state index contributed by atoms with van der Waals surface area (Å²) in [6, 6.07) is 1.91.